The monoisotopic (exact) mass is 374 g/mol. The number of carboxylic acid groups (broad SMARTS) is 1. The number of carboxylic acids is 1. The molecule has 1 rings (SSSR count). The summed E-state index contributed by atoms with van der Waals surface area (Å²) in [4.78, 5) is 20.9. The first kappa shape index (κ1) is 18.2. The van der Waals surface area contributed by atoms with Gasteiger partial charge in [-0.1, -0.05) is 11.6 Å². The number of carbonyl (C=O) groups is 1. The fraction of sp³-hybridized carbons (Fsp3) is 0.444. The van der Waals surface area contributed by atoms with Gasteiger partial charge >= 0.3 is 5.97 Å². The van der Waals surface area contributed by atoms with E-state index in [0.29, 0.717) is 17.1 Å². The van der Waals surface area contributed by atoms with Crippen LogP contribution in [0.25, 0.3) is 0 Å². The Morgan fingerprint density at radius 1 is 1.67 bits per heavy atom. The van der Waals surface area contributed by atoms with Crippen LogP contribution in [0.4, 0.5) is 5.69 Å². The van der Waals surface area contributed by atoms with Gasteiger partial charge in [0.2, 0.25) is 0 Å². The fourth-order valence-electron chi connectivity index (χ4n) is 1.31. The van der Waals surface area contributed by atoms with Gasteiger partial charge < -0.3 is 5.11 Å². The fourth-order valence-corrected chi connectivity index (χ4v) is 4.69. The molecule has 0 fully saturated rings. The number of nitrogens with one attached hydrogen (secondary N) is 1. The van der Waals surface area contributed by atoms with E-state index in [1.807, 2.05) is 4.72 Å². The van der Waals surface area contributed by atoms with Crippen LogP contribution in [0.5, 0.6) is 0 Å². The Balaban J connectivity index is 3.02. The number of nitrogens with zero attached hydrogens (tertiary/aromatic N) is 1. The summed E-state index contributed by atoms with van der Waals surface area (Å²) in [6.45, 7) is 0. The summed E-state index contributed by atoms with van der Waals surface area (Å²) in [7, 11) is -4.18. The Morgan fingerprint density at radius 3 is 2.71 bits per heavy atom. The number of hydrogen-bond donors (Lipinski definition) is 2. The molecule has 21 heavy (non-hydrogen) atoms. The van der Waals surface area contributed by atoms with Gasteiger partial charge in [-0.15, -0.1) is 11.3 Å². The van der Waals surface area contributed by atoms with Gasteiger partial charge in [-0.2, -0.15) is 16.5 Å². The van der Waals surface area contributed by atoms with Crippen LogP contribution < -0.4 is 4.72 Å². The number of sulfonamides is 1. The molecule has 0 saturated heterocycles. The highest BCUT2D eigenvalue weighted by Crippen LogP contribution is 2.36. The zero-order valence-corrected chi connectivity index (χ0v) is 13.8. The van der Waals surface area contributed by atoms with Crippen LogP contribution in [0.3, 0.4) is 0 Å². The number of nitro groups is 1. The van der Waals surface area contributed by atoms with Crippen LogP contribution in [-0.2, 0) is 14.8 Å². The van der Waals surface area contributed by atoms with Gasteiger partial charge in [-0.3, -0.25) is 14.9 Å². The van der Waals surface area contributed by atoms with E-state index in [4.69, 9.17) is 16.7 Å². The van der Waals surface area contributed by atoms with Crippen molar-refractivity contribution in [3.05, 3.63) is 20.5 Å². The number of hydrogen-bond acceptors (Lipinski definition) is 7. The molecule has 0 aromatic carbocycles. The Morgan fingerprint density at radius 2 is 2.29 bits per heavy atom. The predicted octanol–water partition coefficient (Wildman–Crippen LogP) is 1.79. The van der Waals surface area contributed by atoms with Crippen LogP contribution in [0.1, 0.15) is 6.42 Å². The average Bonchev–Trinajstić information content (AvgIpc) is 2.77. The maximum Gasteiger partial charge on any atom is 0.321 e. The summed E-state index contributed by atoms with van der Waals surface area (Å²) in [6, 6.07) is -0.495. The quantitative estimate of drug-likeness (QED) is 0.524. The molecule has 0 aliphatic carbocycles. The number of aliphatic carboxylic acids is 1. The van der Waals surface area contributed by atoms with E-state index in [-0.39, 0.29) is 10.8 Å². The molecule has 12 heteroatoms. The SMILES string of the molecule is CSCC[C@@H](NS(=O)(=O)c1cc([N+](=O)[O-])c(Cl)s1)C(=O)O. The third kappa shape index (κ3) is 4.81. The van der Waals surface area contributed by atoms with Crippen molar-refractivity contribution >= 4 is 56.4 Å². The van der Waals surface area contributed by atoms with Crippen molar-refractivity contribution in [1.82, 2.24) is 4.72 Å². The number of thiophene rings is 1. The number of halogens is 1. The highest BCUT2D eigenvalue weighted by Gasteiger charge is 2.29. The van der Waals surface area contributed by atoms with Crippen molar-refractivity contribution in [3.8, 4) is 0 Å². The van der Waals surface area contributed by atoms with Crippen LogP contribution >= 0.6 is 34.7 Å². The first-order valence-electron chi connectivity index (χ1n) is 5.37. The van der Waals surface area contributed by atoms with Crippen molar-refractivity contribution in [2.45, 2.75) is 16.7 Å². The Bertz CT molecular complexity index is 644. The Labute approximate surface area is 133 Å². The summed E-state index contributed by atoms with van der Waals surface area (Å²) in [6.07, 6.45) is 1.85. The highest BCUT2D eigenvalue weighted by atomic mass is 35.5. The summed E-state index contributed by atoms with van der Waals surface area (Å²) < 4.78 is 25.4. The van der Waals surface area contributed by atoms with Gasteiger partial charge in [0.15, 0.2) is 4.34 Å². The number of thioether (sulfide) groups is 1. The van der Waals surface area contributed by atoms with Crippen LogP contribution in [-0.4, -0.2) is 42.5 Å². The average molecular weight is 375 g/mol. The van der Waals surface area contributed by atoms with Crippen LogP contribution in [0.2, 0.25) is 4.34 Å². The molecule has 1 aromatic heterocycles. The van der Waals surface area contributed by atoms with Crippen molar-refractivity contribution in [1.29, 1.82) is 0 Å². The summed E-state index contributed by atoms with van der Waals surface area (Å²) >= 11 is 7.47. The second kappa shape index (κ2) is 7.40. The smallest absolute Gasteiger partial charge is 0.321 e. The van der Waals surface area contributed by atoms with E-state index in [2.05, 4.69) is 0 Å². The molecule has 1 atom stereocenters. The van der Waals surface area contributed by atoms with Crippen LogP contribution in [0, 0.1) is 10.1 Å². The molecule has 0 bridgehead atoms. The molecule has 2 N–H and O–H groups in total. The van der Waals surface area contributed by atoms with Crippen LogP contribution in [0.15, 0.2) is 10.3 Å². The molecule has 0 aliphatic heterocycles. The lowest BCUT2D eigenvalue weighted by Crippen LogP contribution is -2.40. The normalized spacial score (nSPS) is 13.0. The van der Waals surface area contributed by atoms with Gasteiger partial charge in [0.1, 0.15) is 10.3 Å². The lowest BCUT2D eigenvalue weighted by molar-refractivity contribution is -0.384. The molecular weight excluding hydrogens is 364 g/mol. The first-order valence-corrected chi connectivity index (χ1v) is 9.44. The van der Waals surface area contributed by atoms with Gasteiger partial charge in [0.05, 0.1) is 4.92 Å². The second-order valence-electron chi connectivity index (χ2n) is 3.78. The third-order valence-corrected chi connectivity index (χ3v) is 6.24. The van der Waals surface area contributed by atoms with Gasteiger partial charge in [0, 0.05) is 6.07 Å². The van der Waals surface area contributed by atoms with E-state index in [1.165, 1.54) is 11.8 Å². The molecule has 0 unspecified atom stereocenters. The summed E-state index contributed by atoms with van der Waals surface area (Å²) in [5.74, 6) is -0.866. The molecule has 1 heterocycles. The third-order valence-electron chi connectivity index (χ3n) is 2.31. The minimum absolute atomic E-state index is 0.0942. The Hall–Kier alpha value is -0.880. The largest absolute Gasteiger partial charge is 0.480 e. The maximum absolute atomic E-state index is 12.0. The van der Waals surface area contributed by atoms with E-state index < -0.39 is 36.9 Å². The lowest BCUT2D eigenvalue weighted by Gasteiger charge is -2.13. The van der Waals surface area contributed by atoms with E-state index in [1.54, 1.807) is 6.26 Å². The molecule has 118 valence electrons. The molecular formula is C9H11ClN2O6S3. The molecule has 0 aliphatic rings. The first-order chi connectivity index (χ1) is 9.69. The second-order valence-corrected chi connectivity index (χ2v) is 8.36. The van der Waals surface area contributed by atoms with Crippen molar-refractivity contribution in [3.63, 3.8) is 0 Å². The lowest BCUT2D eigenvalue weighted by atomic mass is 10.2. The summed E-state index contributed by atoms with van der Waals surface area (Å²) in [5, 5.41) is 19.6. The van der Waals surface area contributed by atoms with Gasteiger partial charge in [-0.05, 0) is 18.4 Å². The van der Waals surface area contributed by atoms with Crippen molar-refractivity contribution in [2.75, 3.05) is 12.0 Å². The molecule has 0 saturated carbocycles. The van der Waals surface area contributed by atoms with E-state index in [9.17, 15) is 23.3 Å². The van der Waals surface area contributed by atoms with E-state index >= 15 is 0 Å². The van der Waals surface area contributed by atoms with Gasteiger partial charge in [-0.25, -0.2) is 8.42 Å². The van der Waals surface area contributed by atoms with E-state index in [0.717, 1.165) is 6.07 Å². The standard InChI is InChI=1S/C9H11ClN2O6S3/c1-19-3-2-5(9(13)14)11-21(17,18)7-4-6(12(15)16)8(10)20-7/h4-5,11H,2-3H2,1H3,(H,13,14)/t5-/m1/s1. The van der Waals surface area contributed by atoms with Crippen molar-refractivity contribution < 1.29 is 23.2 Å². The number of rotatable bonds is 8. The van der Waals surface area contributed by atoms with Gasteiger partial charge in [0.25, 0.3) is 15.7 Å². The minimum atomic E-state index is -4.18. The predicted molar refractivity (Wildman–Crippen MR) is 80.7 cm³/mol. The summed E-state index contributed by atoms with van der Waals surface area (Å²) in [5.41, 5.74) is -0.530. The molecule has 0 amide bonds. The Kier molecular flexibility index (Phi) is 6.41. The molecule has 0 radical (unpaired) electrons. The minimum Gasteiger partial charge on any atom is -0.480 e. The molecule has 1 aromatic rings. The highest BCUT2D eigenvalue weighted by molar-refractivity contribution is 7.98. The molecule has 8 nitrogen and oxygen atoms in total. The molecule has 0 spiro atoms. The van der Waals surface area contributed by atoms with Crippen molar-refractivity contribution in [2.24, 2.45) is 0 Å². The zero-order valence-electron chi connectivity index (χ0n) is 10.6. The maximum atomic E-state index is 12.0. The topological polar surface area (TPSA) is 127 Å². The zero-order chi connectivity index (χ0) is 16.2.